The van der Waals surface area contributed by atoms with E-state index in [0.717, 1.165) is 23.3 Å². The standard InChI is InChI=1S/C17H14N2/c1-2-7-15(8-3-1)18-13-12-16-11-10-14-6-4-5-9-17(14)19-16/h1-11,13H,12H2. The first-order chi connectivity index (χ1) is 9.42. The zero-order chi connectivity index (χ0) is 12.9. The van der Waals surface area contributed by atoms with Crippen LogP contribution in [0.5, 0.6) is 0 Å². The monoisotopic (exact) mass is 246 g/mol. The lowest BCUT2D eigenvalue weighted by molar-refractivity contribution is 1.19. The van der Waals surface area contributed by atoms with Crippen LogP contribution in [0.3, 0.4) is 0 Å². The van der Waals surface area contributed by atoms with Crippen molar-refractivity contribution in [1.29, 1.82) is 0 Å². The smallest absolute Gasteiger partial charge is 0.0705 e. The Balaban J connectivity index is 1.77. The van der Waals surface area contributed by atoms with Gasteiger partial charge >= 0.3 is 0 Å². The lowest BCUT2D eigenvalue weighted by Gasteiger charge is -1.99. The van der Waals surface area contributed by atoms with E-state index in [4.69, 9.17) is 0 Å². The van der Waals surface area contributed by atoms with Gasteiger partial charge in [-0.2, -0.15) is 0 Å². The van der Waals surface area contributed by atoms with Crippen LogP contribution in [-0.2, 0) is 6.42 Å². The van der Waals surface area contributed by atoms with Crippen LogP contribution in [0, 0.1) is 0 Å². The zero-order valence-corrected chi connectivity index (χ0v) is 10.5. The first kappa shape index (κ1) is 11.6. The van der Waals surface area contributed by atoms with E-state index in [1.807, 2.05) is 54.7 Å². The number of nitrogens with zero attached hydrogens (tertiary/aromatic N) is 2. The van der Waals surface area contributed by atoms with E-state index in [1.165, 1.54) is 5.39 Å². The minimum atomic E-state index is 0.750. The summed E-state index contributed by atoms with van der Waals surface area (Å²) in [5, 5.41) is 1.17. The van der Waals surface area contributed by atoms with Crippen molar-refractivity contribution in [2.75, 3.05) is 0 Å². The van der Waals surface area contributed by atoms with Gasteiger partial charge in [0.25, 0.3) is 0 Å². The SMILES string of the molecule is C(Cc1ccc2ccccc2n1)=Nc1ccccc1. The molecule has 0 saturated carbocycles. The maximum Gasteiger partial charge on any atom is 0.0705 e. The Morgan fingerprint density at radius 1 is 0.842 bits per heavy atom. The predicted octanol–water partition coefficient (Wildman–Crippen LogP) is 4.18. The van der Waals surface area contributed by atoms with Crippen LogP contribution in [0.2, 0.25) is 0 Å². The Labute approximate surface area is 112 Å². The van der Waals surface area contributed by atoms with Crippen molar-refractivity contribution in [3.63, 3.8) is 0 Å². The maximum absolute atomic E-state index is 4.62. The summed E-state index contributed by atoms with van der Waals surface area (Å²) in [5.74, 6) is 0. The first-order valence-corrected chi connectivity index (χ1v) is 6.34. The third-order valence-corrected chi connectivity index (χ3v) is 2.95. The van der Waals surface area contributed by atoms with E-state index in [0.29, 0.717) is 0 Å². The summed E-state index contributed by atoms with van der Waals surface area (Å²) in [6, 6.07) is 22.3. The summed E-state index contributed by atoms with van der Waals surface area (Å²) in [6.07, 6.45) is 2.66. The number of benzene rings is 2. The fourth-order valence-electron chi connectivity index (χ4n) is 1.98. The maximum atomic E-state index is 4.62. The molecule has 3 aromatic rings. The molecule has 0 atom stereocenters. The number of hydrogen-bond acceptors (Lipinski definition) is 2. The molecule has 0 radical (unpaired) electrons. The van der Waals surface area contributed by atoms with Crippen molar-refractivity contribution >= 4 is 22.8 Å². The third-order valence-electron chi connectivity index (χ3n) is 2.95. The number of aliphatic imine (C=N–C) groups is 1. The van der Waals surface area contributed by atoms with Crippen LogP contribution in [-0.4, -0.2) is 11.2 Å². The summed E-state index contributed by atoms with van der Waals surface area (Å²) in [7, 11) is 0. The number of hydrogen-bond donors (Lipinski definition) is 0. The van der Waals surface area contributed by atoms with Gasteiger partial charge in [0.05, 0.1) is 11.2 Å². The Kier molecular flexibility index (Phi) is 3.32. The molecule has 0 N–H and O–H groups in total. The number of para-hydroxylation sites is 2. The van der Waals surface area contributed by atoms with Crippen LogP contribution < -0.4 is 0 Å². The highest BCUT2D eigenvalue weighted by Crippen LogP contribution is 2.12. The van der Waals surface area contributed by atoms with E-state index in [9.17, 15) is 0 Å². The Morgan fingerprint density at radius 3 is 2.53 bits per heavy atom. The minimum absolute atomic E-state index is 0.750. The number of aromatic nitrogens is 1. The lowest BCUT2D eigenvalue weighted by atomic mass is 10.2. The van der Waals surface area contributed by atoms with Crippen molar-refractivity contribution in [2.24, 2.45) is 4.99 Å². The van der Waals surface area contributed by atoms with Crippen molar-refractivity contribution in [1.82, 2.24) is 4.98 Å². The topological polar surface area (TPSA) is 25.2 Å². The molecule has 92 valence electrons. The molecule has 1 aromatic heterocycles. The molecular formula is C17H14N2. The molecule has 0 saturated heterocycles. The van der Waals surface area contributed by atoms with Crippen molar-refractivity contribution in [3.05, 3.63) is 72.4 Å². The summed E-state index contributed by atoms with van der Waals surface area (Å²) < 4.78 is 0. The molecule has 1 heterocycles. The Morgan fingerprint density at radius 2 is 1.63 bits per heavy atom. The normalized spacial score (nSPS) is 11.2. The van der Waals surface area contributed by atoms with Gasteiger partial charge in [-0.15, -0.1) is 0 Å². The van der Waals surface area contributed by atoms with Gasteiger partial charge in [0.1, 0.15) is 0 Å². The molecule has 0 spiro atoms. The molecular weight excluding hydrogens is 232 g/mol. The minimum Gasteiger partial charge on any atom is -0.261 e. The number of fused-ring (bicyclic) bond motifs is 1. The van der Waals surface area contributed by atoms with E-state index >= 15 is 0 Å². The van der Waals surface area contributed by atoms with Gasteiger partial charge in [-0.3, -0.25) is 9.98 Å². The number of rotatable bonds is 3. The van der Waals surface area contributed by atoms with Gasteiger partial charge in [-0.1, -0.05) is 42.5 Å². The highest BCUT2D eigenvalue weighted by Gasteiger charge is 1.96. The van der Waals surface area contributed by atoms with Crippen molar-refractivity contribution in [2.45, 2.75) is 6.42 Å². The average Bonchev–Trinajstić information content (AvgIpc) is 2.48. The summed E-state index contributed by atoms with van der Waals surface area (Å²) >= 11 is 0. The summed E-state index contributed by atoms with van der Waals surface area (Å²) in [5.41, 5.74) is 3.05. The summed E-state index contributed by atoms with van der Waals surface area (Å²) in [4.78, 5) is 9.03. The Bertz CT molecular complexity index is 703. The second-order valence-electron chi connectivity index (χ2n) is 4.35. The molecule has 0 fully saturated rings. The highest BCUT2D eigenvalue weighted by atomic mass is 14.7. The molecule has 0 aliphatic heterocycles. The van der Waals surface area contributed by atoms with Crippen LogP contribution >= 0.6 is 0 Å². The van der Waals surface area contributed by atoms with Gasteiger partial charge in [0.2, 0.25) is 0 Å². The molecule has 2 nitrogen and oxygen atoms in total. The van der Waals surface area contributed by atoms with Gasteiger partial charge in [-0.05, 0) is 24.3 Å². The molecule has 0 amide bonds. The zero-order valence-electron chi connectivity index (χ0n) is 10.5. The number of pyridine rings is 1. The van der Waals surface area contributed by atoms with Gasteiger partial charge in [0, 0.05) is 23.7 Å². The van der Waals surface area contributed by atoms with Crippen LogP contribution in [0.25, 0.3) is 10.9 Å². The fourth-order valence-corrected chi connectivity index (χ4v) is 1.98. The molecule has 0 aliphatic carbocycles. The van der Waals surface area contributed by atoms with E-state index in [1.54, 1.807) is 0 Å². The van der Waals surface area contributed by atoms with Crippen molar-refractivity contribution < 1.29 is 0 Å². The average molecular weight is 246 g/mol. The Hall–Kier alpha value is -2.48. The van der Waals surface area contributed by atoms with Crippen LogP contribution in [0.4, 0.5) is 5.69 Å². The van der Waals surface area contributed by atoms with E-state index < -0.39 is 0 Å². The lowest BCUT2D eigenvalue weighted by Crippen LogP contribution is -1.91. The quantitative estimate of drug-likeness (QED) is 0.636. The molecule has 0 aliphatic rings. The molecule has 2 heteroatoms. The van der Waals surface area contributed by atoms with Gasteiger partial charge in [0.15, 0.2) is 0 Å². The van der Waals surface area contributed by atoms with Gasteiger partial charge in [-0.25, -0.2) is 0 Å². The molecule has 0 unspecified atom stereocenters. The molecule has 0 bridgehead atoms. The van der Waals surface area contributed by atoms with Crippen LogP contribution in [0.1, 0.15) is 5.69 Å². The largest absolute Gasteiger partial charge is 0.261 e. The predicted molar refractivity (Wildman–Crippen MR) is 80.0 cm³/mol. The molecule has 3 rings (SSSR count). The third kappa shape index (κ3) is 2.86. The second kappa shape index (κ2) is 5.44. The fraction of sp³-hybridized carbons (Fsp3) is 0.0588. The van der Waals surface area contributed by atoms with E-state index in [-0.39, 0.29) is 0 Å². The first-order valence-electron chi connectivity index (χ1n) is 6.34. The molecule has 2 aromatic carbocycles. The van der Waals surface area contributed by atoms with Gasteiger partial charge < -0.3 is 0 Å². The van der Waals surface area contributed by atoms with E-state index in [2.05, 4.69) is 28.2 Å². The van der Waals surface area contributed by atoms with Crippen LogP contribution in [0.15, 0.2) is 71.7 Å². The highest BCUT2D eigenvalue weighted by molar-refractivity contribution is 5.79. The van der Waals surface area contributed by atoms with Crippen molar-refractivity contribution in [3.8, 4) is 0 Å². The molecule has 19 heavy (non-hydrogen) atoms. The summed E-state index contributed by atoms with van der Waals surface area (Å²) in [6.45, 7) is 0. The second-order valence-corrected chi connectivity index (χ2v) is 4.35.